The van der Waals surface area contributed by atoms with E-state index in [9.17, 15) is 13.2 Å². The highest BCUT2D eigenvalue weighted by Crippen LogP contribution is 2.03. The Bertz CT molecular complexity index is 233. The van der Waals surface area contributed by atoms with Crippen LogP contribution in [-0.4, -0.2) is 50.7 Å². The zero-order valence-electron chi connectivity index (χ0n) is 6.82. The lowest BCUT2D eigenvalue weighted by Crippen LogP contribution is -2.40. The maximum atomic E-state index is 11.0. The average molecular weight is 190 g/mol. The Morgan fingerprint density at radius 1 is 1.25 bits per heavy atom. The SMILES string of the molecule is O=[C]CCN1CCS(=O)(=O)CC1. The van der Waals surface area contributed by atoms with Crippen LogP contribution in [0.4, 0.5) is 0 Å². The standard InChI is InChI=1S/C7H12NO3S/c9-5-1-2-8-3-6-12(10,11)7-4-8/h1-4,6-7H2. The molecular weight excluding hydrogens is 178 g/mol. The van der Waals surface area contributed by atoms with Gasteiger partial charge in [-0.15, -0.1) is 0 Å². The number of hydrogen-bond acceptors (Lipinski definition) is 4. The van der Waals surface area contributed by atoms with E-state index in [1.54, 1.807) is 6.29 Å². The summed E-state index contributed by atoms with van der Waals surface area (Å²) in [6.45, 7) is 1.76. The molecule has 1 aliphatic rings. The minimum absolute atomic E-state index is 0.228. The second-order valence-electron chi connectivity index (χ2n) is 2.89. The molecule has 0 saturated carbocycles. The van der Waals surface area contributed by atoms with Crippen LogP contribution in [0, 0.1) is 0 Å². The molecule has 1 fully saturated rings. The molecule has 1 heterocycles. The van der Waals surface area contributed by atoms with Gasteiger partial charge in [0.05, 0.1) is 11.5 Å². The summed E-state index contributed by atoms with van der Waals surface area (Å²) in [7, 11) is -2.78. The number of sulfone groups is 1. The molecule has 12 heavy (non-hydrogen) atoms. The third kappa shape index (κ3) is 2.91. The van der Waals surface area contributed by atoms with Gasteiger partial charge in [-0.1, -0.05) is 0 Å². The first-order chi connectivity index (χ1) is 5.64. The lowest BCUT2D eigenvalue weighted by Gasteiger charge is -2.25. The summed E-state index contributed by atoms with van der Waals surface area (Å²) in [6, 6.07) is 0. The third-order valence-corrected chi connectivity index (χ3v) is 3.58. The first-order valence-corrected chi connectivity index (χ1v) is 5.74. The molecular formula is C7H12NO3S. The second-order valence-corrected chi connectivity index (χ2v) is 5.19. The zero-order valence-corrected chi connectivity index (χ0v) is 7.64. The fraction of sp³-hybridized carbons (Fsp3) is 0.857. The second kappa shape index (κ2) is 4.00. The summed E-state index contributed by atoms with van der Waals surface area (Å²) in [4.78, 5) is 11.9. The molecule has 1 radical (unpaired) electrons. The van der Waals surface area contributed by atoms with Gasteiger partial charge in [-0.3, -0.25) is 4.79 Å². The summed E-state index contributed by atoms with van der Waals surface area (Å²) in [5.74, 6) is 0.456. The van der Waals surface area contributed by atoms with E-state index in [1.165, 1.54) is 0 Å². The Balaban J connectivity index is 2.31. The predicted octanol–water partition coefficient (Wildman–Crippen LogP) is -0.783. The van der Waals surface area contributed by atoms with Crippen LogP contribution in [0.5, 0.6) is 0 Å². The van der Waals surface area contributed by atoms with Gasteiger partial charge in [0, 0.05) is 26.1 Å². The Kier molecular flexibility index (Phi) is 3.22. The molecule has 0 aromatic carbocycles. The van der Waals surface area contributed by atoms with Crippen LogP contribution in [-0.2, 0) is 14.6 Å². The molecule has 0 aliphatic carbocycles. The Labute approximate surface area is 72.5 Å². The van der Waals surface area contributed by atoms with Gasteiger partial charge in [0.2, 0.25) is 0 Å². The highest BCUT2D eigenvalue weighted by Gasteiger charge is 2.20. The van der Waals surface area contributed by atoms with Gasteiger partial charge >= 0.3 is 0 Å². The highest BCUT2D eigenvalue weighted by molar-refractivity contribution is 7.91. The van der Waals surface area contributed by atoms with Crippen molar-refractivity contribution in [2.75, 3.05) is 31.1 Å². The molecule has 0 amide bonds. The van der Waals surface area contributed by atoms with E-state index in [-0.39, 0.29) is 11.5 Å². The van der Waals surface area contributed by atoms with Crippen molar-refractivity contribution < 1.29 is 13.2 Å². The summed E-state index contributed by atoms with van der Waals surface area (Å²) >= 11 is 0. The summed E-state index contributed by atoms with van der Waals surface area (Å²) in [5, 5.41) is 0. The summed E-state index contributed by atoms with van der Waals surface area (Å²) < 4.78 is 21.9. The zero-order chi connectivity index (χ0) is 9.03. The Hall–Kier alpha value is -0.420. The molecule has 1 rings (SSSR count). The quantitative estimate of drug-likeness (QED) is 0.585. The van der Waals surface area contributed by atoms with Crippen LogP contribution < -0.4 is 0 Å². The molecule has 5 heteroatoms. The predicted molar refractivity (Wildman–Crippen MR) is 45.4 cm³/mol. The van der Waals surface area contributed by atoms with Crippen molar-refractivity contribution >= 4 is 16.1 Å². The Morgan fingerprint density at radius 2 is 1.83 bits per heavy atom. The maximum absolute atomic E-state index is 11.0. The van der Waals surface area contributed by atoms with Crippen LogP contribution in [0.25, 0.3) is 0 Å². The minimum Gasteiger partial charge on any atom is -0.301 e. The van der Waals surface area contributed by atoms with Gasteiger partial charge < -0.3 is 4.90 Å². The maximum Gasteiger partial charge on any atom is 0.199 e. The van der Waals surface area contributed by atoms with Crippen molar-refractivity contribution in [2.45, 2.75) is 6.42 Å². The minimum atomic E-state index is -2.78. The largest absolute Gasteiger partial charge is 0.301 e. The lowest BCUT2D eigenvalue weighted by molar-refractivity contribution is 0.303. The van der Waals surface area contributed by atoms with Crippen molar-refractivity contribution in [2.24, 2.45) is 0 Å². The van der Waals surface area contributed by atoms with Gasteiger partial charge in [-0.2, -0.15) is 0 Å². The fourth-order valence-electron chi connectivity index (χ4n) is 1.18. The molecule has 0 bridgehead atoms. The van der Waals surface area contributed by atoms with Gasteiger partial charge in [0.25, 0.3) is 0 Å². The van der Waals surface area contributed by atoms with Crippen LogP contribution in [0.3, 0.4) is 0 Å². The van der Waals surface area contributed by atoms with Crippen molar-refractivity contribution in [3.63, 3.8) is 0 Å². The Morgan fingerprint density at radius 3 is 2.33 bits per heavy atom. The molecule has 69 valence electrons. The van der Waals surface area contributed by atoms with Crippen molar-refractivity contribution in [3.05, 3.63) is 0 Å². The average Bonchev–Trinajstić information content (AvgIpc) is 2.03. The molecule has 0 unspecified atom stereocenters. The van der Waals surface area contributed by atoms with Gasteiger partial charge in [0.15, 0.2) is 16.1 Å². The first-order valence-electron chi connectivity index (χ1n) is 3.92. The molecule has 0 N–H and O–H groups in total. The van der Waals surface area contributed by atoms with E-state index in [2.05, 4.69) is 0 Å². The molecule has 0 spiro atoms. The monoisotopic (exact) mass is 190 g/mol. The normalized spacial score (nSPS) is 23.7. The van der Waals surface area contributed by atoms with Crippen molar-refractivity contribution in [1.82, 2.24) is 4.90 Å². The van der Waals surface area contributed by atoms with Crippen LogP contribution in [0.15, 0.2) is 0 Å². The van der Waals surface area contributed by atoms with E-state index in [4.69, 9.17) is 0 Å². The van der Waals surface area contributed by atoms with Gasteiger partial charge in [-0.05, 0) is 0 Å². The molecule has 0 aromatic heterocycles. The van der Waals surface area contributed by atoms with E-state index < -0.39 is 9.84 Å². The van der Waals surface area contributed by atoms with E-state index in [1.807, 2.05) is 4.90 Å². The highest BCUT2D eigenvalue weighted by atomic mass is 32.2. The number of rotatable bonds is 3. The van der Waals surface area contributed by atoms with Crippen molar-refractivity contribution in [1.29, 1.82) is 0 Å². The number of nitrogens with zero attached hydrogens (tertiary/aromatic N) is 1. The number of hydrogen-bond donors (Lipinski definition) is 0. The first kappa shape index (κ1) is 9.67. The number of carbonyl (C=O) groups excluding carboxylic acids is 1. The topological polar surface area (TPSA) is 54.5 Å². The third-order valence-electron chi connectivity index (χ3n) is 1.97. The van der Waals surface area contributed by atoms with E-state index in [0.29, 0.717) is 26.1 Å². The van der Waals surface area contributed by atoms with E-state index in [0.717, 1.165) is 0 Å². The van der Waals surface area contributed by atoms with Crippen molar-refractivity contribution in [3.8, 4) is 0 Å². The van der Waals surface area contributed by atoms with Gasteiger partial charge in [0.1, 0.15) is 0 Å². The lowest BCUT2D eigenvalue weighted by atomic mass is 10.4. The van der Waals surface area contributed by atoms with E-state index >= 15 is 0 Å². The molecule has 0 aromatic rings. The van der Waals surface area contributed by atoms with Crippen LogP contribution >= 0.6 is 0 Å². The summed E-state index contributed by atoms with van der Waals surface area (Å²) in [6.07, 6.45) is 2.17. The van der Waals surface area contributed by atoms with Crippen LogP contribution in [0.1, 0.15) is 6.42 Å². The van der Waals surface area contributed by atoms with Gasteiger partial charge in [-0.25, -0.2) is 8.42 Å². The summed E-state index contributed by atoms with van der Waals surface area (Å²) in [5.41, 5.74) is 0. The smallest absolute Gasteiger partial charge is 0.199 e. The fourth-order valence-corrected chi connectivity index (χ4v) is 2.45. The van der Waals surface area contributed by atoms with Crippen LogP contribution in [0.2, 0.25) is 0 Å². The molecule has 0 atom stereocenters. The molecule has 1 aliphatic heterocycles. The molecule has 4 nitrogen and oxygen atoms in total. The molecule has 1 saturated heterocycles.